The quantitative estimate of drug-likeness (QED) is 0.0858. The van der Waals surface area contributed by atoms with E-state index in [0.29, 0.717) is 41.3 Å². The van der Waals surface area contributed by atoms with E-state index in [1.807, 2.05) is 67.2 Å². The molecule has 8 heteroatoms. The van der Waals surface area contributed by atoms with E-state index in [0.717, 1.165) is 48.7 Å². The summed E-state index contributed by atoms with van der Waals surface area (Å²) in [7, 11) is 0. The number of hydrogen-bond donors (Lipinski definition) is 2. The first-order valence-corrected chi connectivity index (χ1v) is 21.2. The van der Waals surface area contributed by atoms with Crippen molar-refractivity contribution < 1.29 is 19.2 Å². The zero-order chi connectivity index (χ0) is 37.7. The lowest BCUT2D eigenvalue weighted by molar-refractivity contribution is -0.126. The summed E-state index contributed by atoms with van der Waals surface area (Å²) in [6, 6.07) is 0.453. The van der Waals surface area contributed by atoms with Gasteiger partial charge in [0.1, 0.15) is 11.6 Å². The average molecular weight is 715 g/mol. The van der Waals surface area contributed by atoms with Gasteiger partial charge in [0, 0.05) is 59.1 Å². The third-order valence-corrected chi connectivity index (χ3v) is 10.4. The van der Waals surface area contributed by atoms with Crippen molar-refractivity contribution in [1.29, 1.82) is 0 Å². The highest BCUT2D eigenvalue weighted by molar-refractivity contribution is 7.99. The van der Waals surface area contributed by atoms with E-state index in [1.165, 1.54) is 0 Å². The number of ketones is 4. The Morgan fingerprint density at radius 3 is 1.21 bits per heavy atom. The summed E-state index contributed by atoms with van der Waals surface area (Å²) in [5.41, 5.74) is 0. The largest absolute Gasteiger partial charge is 0.305 e. The van der Waals surface area contributed by atoms with Crippen LogP contribution in [0.15, 0.2) is 0 Å². The fourth-order valence-corrected chi connectivity index (χ4v) is 7.97. The Morgan fingerprint density at radius 2 is 0.792 bits per heavy atom. The minimum absolute atomic E-state index is 0.0538. The van der Waals surface area contributed by atoms with Gasteiger partial charge in [-0.15, -0.1) is 0 Å². The topological polar surface area (TPSA) is 92.3 Å². The number of carbonyl (C=O) groups excluding carboxylic acids is 4. The Balaban J connectivity index is 0. The van der Waals surface area contributed by atoms with Crippen molar-refractivity contribution in [2.75, 3.05) is 23.0 Å². The van der Waals surface area contributed by atoms with Crippen LogP contribution in [0.1, 0.15) is 136 Å². The second kappa shape index (κ2) is 27.0. The van der Waals surface area contributed by atoms with Crippen LogP contribution in [-0.2, 0) is 19.2 Å². The van der Waals surface area contributed by atoms with Crippen LogP contribution in [0.3, 0.4) is 0 Å². The molecular weight excluding hydrogens is 637 g/mol. The smallest absolute Gasteiger partial charge is 0.153 e. The van der Waals surface area contributed by atoms with Crippen molar-refractivity contribution in [3.63, 3.8) is 0 Å². The third kappa shape index (κ3) is 23.7. The summed E-state index contributed by atoms with van der Waals surface area (Å²) in [4.78, 5) is 49.4. The molecule has 0 radical (unpaired) electrons. The second-order valence-corrected chi connectivity index (χ2v) is 18.7. The van der Waals surface area contributed by atoms with E-state index < -0.39 is 0 Å². The van der Waals surface area contributed by atoms with E-state index in [1.54, 1.807) is 11.8 Å². The number of rotatable bonds is 26. The van der Waals surface area contributed by atoms with Gasteiger partial charge in [0.15, 0.2) is 11.6 Å². The van der Waals surface area contributed by atoms with Gasteiger partial charge in [-0.25, -0.2) is 0 Å². The SMILES string of the molecule is CC(C)C[C@@H](CCSC[C@H](NC(C)C)C(=O)C(C)C)C(=O)C(C)C.CC(C)C[C@@H](CSCC[C@H](NC(C)C)C(=O)C(C)C)C(=O)C(C)C. The Kier molecular flexibility index (Phi) is 27.8. The zero-order valence-electron chi connectivity index (χ0n) is 34.0. The summed E-state index contributed by atoms with van der Waals surface area (Å²) >= 11 is 3.62. The molecule has 0 aliphatic heterocycles. The number of thioether (sulfide) groups is 2. The molecule has 0 rings (SSSR count). The normalized spacial score (nSPS) is 14.7. The van der Waals surface area contributed by atoms with Gasteiger partial charge in [0.25, 0.3) is 0 Å². The van der Waals surface area contributed by atoms with E-state index in [9.17, 15) is 19.2 Å². The molecule has 0 heterocycles. The molecule has 0 fully saturated rings. The van der Waals surface area contributed by atoms with Crippen LogP contribution < -0.4 is 10.6 Å². The van der Waals surface area contributed by atoms with Crippen molar-refractivity contribution in [3.05, 3.63) is 0 Å². The molecule has 0 saturated heterocycles. The van der Waals surface area contributed by atoms with Crippen molar-refractivity contribution in [2.45, 2.75) is 161 Å². The molecule has 0 aliphatic carbocycles. The average Bonchev–Trinajstić information content (AvgIpc) is 2.96. The minimum atomic E-state index is -0.0839. The number of carbonyl (C=O) groups is 4. The van der Waals surface area contributed by atoms with Gasteiger partial charge >= 0.3 is 0 Å². The van der Waals surface area contributed by atoms with Crippen LogP contribution in [0.5, 0.6) is 0 Å². The lowest BCUT2D eigenvalue weighted by Crippen LogP contribution is -2.44. The van der Waals surface area contributed by atoms with E-state index in [-0.39, 0.29) is 53.4 Å². The molecule has 4 atom stereocenters. The number of hydrogen-bond acceptors (Lipinski definition) is 8. The van der Waals surface area contributed by atoms with Crippen LogP contribution in [-0.4, -0.2) is 70.3 Å². The number of nitrogens with one attached hydrogen (secondary N) is 2. The summed E-state index contributed by atoms with van der Waals surface area (Å²) in [5, 5.41) is 6.78. The minimum Gasteiger partial charge on any atom is -0.305 e. The van der Waals surface area contributed by atoms with Gasteiger partial charge in [0.05, 0.1) is 12.1 Å². The van der Waals surface area contributed by atoms with Gasteiger partial charge in [-0.05, 0) is 49.0 Å². The maximum Gasteiger partial charge on any atom is 0.153 e. The molecule has 48 heavy (non-hydrogen) atoms. The first-order chi connectivity index (χ1) is 22.1. The summed E-state index contributed by atoms with van der Waals surface area (Å²) < 4.78 is 0. The molecule has 0 unspecified atom stereocenters. The molecule has 0 bridgehead atoms. The Bertz CT molecular complexity index is 756. The van der Waals surface area contributed by atoms with Crippen molar-refractivity contribution >= 4 is 46.7 Å². The monoisotopic (exact) mass is 715 g/mol. The second-order valence-electron chi connectivity index (χ2n) is 16.4. The molecule has 0 aromatic heterocycles. The molecule has 0 amide bonds. The Labute approximate surface area is 306 Å². The van der Waals surface area contributed by atoms with Gasteiger partial charge in [0.2, 0.25) is 0 Å². The highest BCUT2D eigenvalue weighted by Crippen LogP contribution is 2.24. The van der Waals surface area contributed by atoms with Crippen LogP contribution in [0.2, 0.25) is 0 Å². The van der Waals surface area contributed by atoms with Gasteiger partial charge in [-0.2, -0.15) is 23.5 Å². The Morgan fingerprint density at radius 1 is 0.438 bits per heavy atom. The van der Waals surface area contributed by atoms with Crippen LogP contribution in [0, 0.1) is 47.3 Å². The highest BCUT2D eigenvalue weighted by atomic mass is 32.2. The molecule has 284 valence electrons. The Hall–Kier alpha value is -0.700. The first-order valence-electron chi connectivity index (χ1n) is 18.9. The maximum atomic E-state index is 12.4. The fourth-order valence-electron chi connectivity index (χ4n) is 5.71. The lowest BCUT2D eigenvalue weighted by Gasteiger charge is -2.23. The zero-order valence-corrected chi connectivity index (χ0v) is 35.7. The van der Waals surface area contributed by atoms with E-state index >= 15 is 0 Å². The molecule has 0 aliphatic rings. The van der Waals surface area contributed by atoms with Crippen LogP contribution in [0.25, 0.3) is 0 Å². The summed E-state index contributed by atoms with van der Waals surface area (Å²) in [5.74, 6) is 6.59. The lowest BCUT2D eigenvalue weighted by atomic mass is 9.86. The molecule has 2 N–H and O–H groups in total. The van der Waals surface area contributed by atoms with Crippen LogP contribution in [0.4, 0.5) is 0 Å². The predicted molar refractivity (Wildman–Crippen MR) is 213 cm³/mol. The molecule has 0 spiro atoms. The van der Waals surface area contributed by atoms with Gasteiger partial charge in [-0.3, -0.25) is 19.2 Å². The fraction of sp³-hybridized carbons (Fsp3) is 0.900. The standard InChI is InChI=1S/2C20H39NO2S/c1-13(2)11-17(19(22)14(3)4)12-24-10-9-18(21-16(7)8)20(23)15(5)6;1-13(2)11-17(19(22)14(3)4)9-10-24-12-18(21-16(7)8)20(23)15(5)6/h2*13-18,21H,9-12H2,1-8H3/t17-,18-;17-,18+/m01/s1. The van der Waals surface area contributed by atoms with Crippen molar-refractivity contribution in [1.82, 2.24) is 10.6 Å². The van der Waals surface area contributed by atoms with Crippen molar-refractivity contribution in [2.24, 2.45) is 47.3 Å². The molecule has 0 saturated carbocycles. The molecule has 0 aromatic carbocycles. The van der Waals surface area contributed by atoms with Gasteiger partial charge < -0.3 is 10.6 Å². The van der Waals surface area contributed by atoms with E-state index in [2.05, 4.69) is 66.0 Å². The van der Waals surface area contributed by atoms with E-state index in [4.69, 9.17) is 0 Å². The number of Topliss-reactive ketones (excluding diaryl/α,β-unsaturated/α-hetero) is 4. The first kappa shape index (κ1) is 49.4. The predicted octanol–water partition coefficient (Wildman–Crippen LogP) is 9.18. The van der Waals surface area contributed by atoms with Gasteiger partial charge in [-0.1, -0.05) is 111 Å². The van der Waals surface area contributed by atoms with Crippen molar-refractivity contribution in [3.8, 4) is 0 Å². The highest BCUT2D eigenvalue weighted by Gasteiger charge is 2.26. The third-order valence-electron chi connectivity index (χ3n) is 8.11. The summed E-state index contributed by atoms with van der Waals surface area (Å²) in [6.45, 7) is 32.8. The molecular formula is C40H78N2O4S2. The maximum absolute atomic E-state index is 12.4. The van der Waals surface area contributed by atoms with Crippen LogP contribution >= 0.6 is 23.5 Å². The summed E-state index contributed by atoms with van der Waals surface area (Å²) in [6.07, 6.45) is 3.69. The molecule has 6 nitrogen and oxygen atoms in total. The molecule has 0 aromatic rings.